The van der Waals surface area contributed by atoms with Gasteiger partial charge in [-0.3, -0.25) is 14.4 Å². The van der Waals surface area contributed by atoms with Crippen molar-refractivity contribution >= 4 is 49.8 Å². The number of hydrogen-bond acceptors (Lipinski definition) is 7. The van der Waals surface area contributed by atoms with E-state index in [1.807, 2.05) is 30.3 Å². The van der Waals surface area contributed by atoms with Gasteiger partial charge in [0, 0.05) is 5.75 Å². The Bertz CT molecular complexity index is 1090. The number of amides is 1. The normalized spacial score (nSPS) is 11.2. The van der Waals surface area contributed by atoms with Gasteiger partial charge < -0.3 is 0 Å². The lowest BCUT2D eigenvalue weighted by atomic mass is 10.2. The third-order valence-corrected chi connectivity index (χ3v) is 6.83. The predicted octanol–water partition coefficient (Wildman–Crippen LogP) is 3.37. The van der Waals surface area contributed by atoms with Gasteiger partial charge in [-0.15, -0.1) is 10.2 Å². The van der Waals surface area contributed by atoms with E-state index in [0.29, 0.717) is 10.1 Å². The van der Waals surface area contributed by atoms with Crippen LogP contribution in [0.25, 0.3) is 0 Å². The van der Waals surface area contributed by atoms with Gasteiger partial charge in [0.15, 0.2) is 4.34 Å². The molecule has 1 N–H and O–H groups in total. The summed E-state index contributed by atoms with van der Waals surface area (Å²) in [6.45, 7) is -0.506. The Morgan fingerprint density at radius 3 is 2.62 bits per heavy atom. The number of sulfonamides is 1. The van der Waals surface area contributed by atoms with Crippen LogP contribution in [0.5, 0.6) is 0 Å². The van der Waals surface area contributed by atoms with Gasteiger partial charge in [0.25, 0.3) is 0 Å². The Labute approximate surface area is 176 Å². The average molecular weight is 453 g/mol. The third kappa shape index (κ3) is 6.24. The van der Waals surface area contributed by atoms with Crippen LogP contribution in [0.3, 0.4) is 0 Å². The number of hydrogen-bond donors (Lipinski definition) is 1. The molecule has 152 valence electrons. The van der Waals surface area contributed by atoms with Crippen LogP contribution in [-0.2, 0) is 20.6 Å². The Kier molecular flexibility index (Phi) is 6.83. The van der Waals surface area contributed by atoms with Gasteiger partial charge in [-0.25, -0.2) is 12.8 Å². The largest absolute Gasteiger partial charge is 0.299 e. The maximum Gasteiger partial charge on any atom is 0.246 e. The number of nitrogens with one attached hydrogen (secondary N) is 1. The molecule has 3 rings (SSSR count). The molecule has 1 aromatic heterocycles. The Morgan fingerprint density at radius 2 is 1.93 bits per heavy atom. The molecule has 0 bridgehead atoms. The van der Waals surface area contributed by atoms with E-state index in [4.69, 9.17) is 0 Å². The first-order chi connectivity index (χ1) is 13.8. The van der Waals surface area contributed by atoms with Crippen molar-refractivity contribution in [2.24, 2.45) is 0 Å². The molecule has 0 saturated carbocycles. The molecule has 3 aromatic rings. The summed E-state index contributed by atoms with van der Waals surface area (Å²) in [5.41, 5.74) is 1.20. The van der Waals surface area contributed by atoms with Crippen molar-refractivity contribution in [2.45, 2.75) is 10.1 Å². The fraction of sp³-hybridized carbons (Fsp3) is 0.167. The summed E-state index contributed by atoms with van der Waals surface area (Å²) in [6.07, 6.45) is 0.953. The van der Waals surface area contributed by atoms with Crippen LogP contribution in [-0.4, -0.2) is 37.3 Å². The van der Waals surface area contributed by atoms with E-state index in [2.05, 4.69) is 15.5 Å². The number of halogens is 1. The zero-order valence-electron chi connectivity index (χ0n) is 15.3. The van der Waals surface area contributed by atoms with E-state index >= 15 is 0 Å². The first kappa shape index (κ1) is 21.2. The second-order valence-electron chi connectivity index (χ2n) is 5.95. The molecule has 0 radical (unpaired) electrons. The molecule has 1 amide bonds. The van der Waals surface area contributed by atoms with Gasteiger partial charge in [-0.2, -0.15) is 0 Å². The molecular formula is C18H17FN4O3S3. The van der Waals surface area contributed by atoms with E-state index in [1.54, 1.807) is 0 Å². The Hall–Kier alpha value is -2.50. The molecule has 0 fully saturated rings. The third-order valence-electron chi connectivity index (χ3n) is 3.64. The zero-order valence-corrected chi connectivity index (χ0v) is 17.7. The summed E-state index contributed by atoms with van der Waals surface area (Å²) in [5.74, 6) is -0.485. The molecule has 0 spiro atoms. The summed E-state index contributed by atoms with van der Waals surface area (Å²) < 4.78 is 39.1. The van der Waals surface area contributed by atoms with Crippen molar-refractivity contribution in [3.05, 3.63) is 66.0 Å². The van der Waals surface area contributed by atoms with Crippen LogP contribution in [0, 0.1) is 5.82 Å². The molecule has 0 atom stereocenters. The van der Waals surface area contributed by atoms with Crippen LogP contribution >= 0.6 is 23.1 Å². The van der Waals surface area contributed by atoms with Crippen LogP contribution in [0.4, 0.5) is 15.2 Å². The fourth-order valence-corrected chi connectivity index (χ4v) is 4.93. The van der Waals surface area contributed by atoms with Crippen molar-refractivity contribution in [1.82, 2.24) is 10.2 Å². The van der Waals surface area contributed by atoms with E-state index in [0.717, 1.165) is 22.2 Å². The smallest absolute Gasteiger partial charge is 0.246 e. The average Bonchev–Trinajstić information content (AvgIpc) is 3.11. The number of carbonyl (C=O) groups is 1. The topological polar surface area (TPSA) is 92.3 Å². The number of rotatable bonds is 8. The molecular weight excluding hydrogens is 435 g/mol. The van der Waals surface area contributed by atoms with E-state index in [9.17, 15) is 17.6 Å². The first-order valence-corrected chi connectivity index (χ1v) is 12.0. The van der Waals surface area contributed by atoms with Gasteiger partial charge in [-0.1, -0.05) is 59.5 Å². The predicted molar refractivity (Wildman–Crippen MR) is 113 cm³/mol. The molecule has 0 aliphatic carbocycles. The van der Waals surface area contributed by atoms with Crippen LogP contribution < -0.4 is 9.62 Å². The van der Waals surface area contributed by atoms with Crippen molar-refractivity contribution in [1.29, 1.82) is 0 Å². The van der Waals surface area contributed by atoms with Gasteiger partial charge in [0.1, 0.15) is 12.4 Å². The number of nitrogens with zero attached hydrogens (tertiary/aromatic N) is 3. The number of anilines is 2. The molecule has 2 aromatic carbocycles. The number of aromatic nitrogens is 2. The molecule has 1 heterocycles. The number of thioether (sulfide) groups is 1. The van der Waals surface area contributed by atoms with Gasteiger partial charge in [0.2, 0.25) is 21.1 Å². The number of carbonyl (C=O) groups excluding carboxylic acids is 1. The van der Waals surface area contributed by atoms with Crippen molar-refractivity contribution < 1.29 is 17.6 Å². The van der Waals surface area contributed by atoms with Crippen molar-refractivity contribution in [2.75, 3.05) is 22.4 Å². The Morgan fingerprint density at radius 1 is 1.17 bits per heavy atom. The summed E-state index contributed by atoms with van der Waals surface area (Å²) in [4.78, 5) is 12.3. The SMILES string of the molecule is CS(=O)(=O)N(CC(=O)Nc1nnc(SCc2ccccc2)s1)c1cccc(F)c1. The molecule has 0 aliphatic heterocycles. The lowest BCUT2D eigenvalue weighted by molar-refractivity contribution is -0.114. The van der Waals surface area contributed by atoms with Crippen LogP contribution in [0.1, 0.15) is 5.56 Å². The standard InChI is InChI=1S/C18H17FN4O3S3/c1-29(25,26)23(15-9-5-8-14(19)10-15)11-16(24)20-17-21-22-18(28-17)27-12-13-6-3-2-4-7-13/h2-10H,11-12H2,1H3,(H,20,21,24). The summed E-state index contributed by atoms with van der Waals surface area (Å²) >= 11 is 2.68. The first-order valence-electron chi connectivity index (χ1n) is 8.34. The quantitative estimate of drug-likeness (QED) is 0.416. The second-order valence-corrected chi connectivity index (χ2v) is 10.1. The summed E-state index contributed by atoms with van der Waals surface area (Å²) in [6, 6.07) is 14.9. The summed E-state index contributed by atoms with van der Waals surface area (Å²) in [5, 5.41) is 10.7. The Balaban J connectivity index is 1.62. The van der Waals surface area contributed by atoms with E-state index in [-0.39, 0.29) is 10.8 Å². The molecule has 0 aliphatic rings. The van der Waals surface area contributed by atoms with Crippen molar-refractivity contribution in [3.63, 3.8) is 0 Å². The zero-order chi connectivity index (χ0) is 20.9. The van der Waals surface area contributed by atoms with Crippen LogP contribution in [0.15, 0.2) is 58.9 Å². The van der Waals surface area contributed by atoms with Crippen LogP contribution in [0.2, 0.25) is 0 Å². The molecule has 0 unspecified atom stereocenters. The highest BCUT2D eigenvalue weighted by atomic mass is 32.2. The maximum absolute atomic E-state index is 13.5. The lowest BCUT2D eigenvalue weighted by Crippen LogP contribution is -2.37. The minimum Gasteiger partial charge on any atom is -0.299 e. The highest BCUT2D eigenvalue weighted by Gasteiger charge is 2.22. The molecule has 29 heavy (non-hydrogen) atoms. The van der Waals surface area contributed by atoms with Gasteiger partial charge >= 0.3 is 0 Å². The maximum atomic E-state index is 13.5. The van der Waals surface area contributed by atoms with Crippen molar-refractivity contribution in [3.8, 4) is 0 Å². The second kappa shape index (κ2) is 9.33. The molecule has 11 heteroatoms. The monoisotopic (exact) mass is 452 g/mol. The van der Waals surface area contributed by atoms with Gasteiger partial charge in [0.05, 0.1) is 11.9 Å². The highest BCUT2D eigenvalue weighted by Crippen LogP contribution is 2.28. The lowest BCUT2D eigenvalue weighted by Gasteiger charge is -2.21. The molecule has 0 saturated heterocycles. The van der Waals surface area contributed by atoms with E-state index in [1.165, 1.54) is 41.3 Å². The number of benzene rings is 2. The van der Waals surface area contributed by atoms with Gasteiger partial charge in [-0.05, 0) is 23.8 Å². The summed E-state index contributed by atoms with van der Waals surface area (Å²) in [7, 11) is -3.79. The highest BCUT2D eigenvalue weighted by molar-refractivity contribution is 8.00. The minimum absolute atomic E-state index is 0.0685. The fourth-order valence-electron chi connectivity index (χ4n) is 2.36. The minimum atomic E-state index is -3.79. The van der Waals surface area contributed by atoms with E-state index < -0.39 is 28.3 Å². The molecule has 7 nitrogen and oxygen atoms in total.